The van der Waals surface area contributed by atoms with Crippen molar-refractivity contribution in [3.8, 4) is 0 Å². The second-order valence-corrected chi connectivity index (χ2v) is 7.49. The molecule has 1 aromatic rings. The van der Waals surface area contributed by atoms with Gasteiger partial charge in [-0.15, -0.1) is 0 Å². The average Bonchev–Trinajstić information content (AvgIpc) is 2.38. The molecule has 0 spiro atoms. The molecule has 1 atom stereocenters. The van der Waals surface area contributed by atoms with Crippen LogP contribution < -0.4 is 5.23 Å². The van der Waals surface area contributed by atoms with Crippen molar-refractivity contribution in [2.45, 2.75) is 64.3 Å². The Morgan fingerprint density at radius 1 is 1.43 bits per heavy atom. The van der Waals surface area contributed by atoms with Gasteiger partial charge in [0.25, 0.3) is 0 Å². The maximum absolute atomic E-state index is 12.1. The van der Waals surface area contributed by atoms with Gasteiger partial charge in [0.05, 0.1) is 6.42 Å². The molecule has 0 radical (unpaired) electrons. The number of alkyl halides is 1. The normalized spacial score (nSPS) is 12.8. The summed E-state index contributed by atoms with van der Waals surface area (Å²) in [5, 5.41) is 13.5. The lowest BCUT2D eigenvalue weighted by Crippen LogP contribution is -2.43. The van der Waals surface area contributed by atoms with Crippen LogP contribution >= 0.6 is 15.9 Å². The molecule has 0 unspecified atom stereocenters. The third-order valence-corrected chi connectivity index (χ3v) is 3.99. The maximum Gasteiger partial charge on any atom is 0.373 e. The molecule has 0 amide bonds. The van der Waals surface area contributed by atoms with Crippen molar-refractivity contribution in [1.29, 1.82) is 0 Å². The SMILES string of the molecule is CB(O)N[C@H](CC(=O)OC(C)(C)C)Cc1cc(CBr)ccc1C. The predicted molar refractivity (Wildman–Crippen MR) is 98.7 cm³/mol. The summed E-state index contributed by atoms with van der Waals surface area (Å²) in [6, 6.07) is 6.13. The molecular formula is C17H27BBrNO3. The van der Waals surface area contributed by atoms with E-state index in [1.165, 1.54) is 16.7 Å². The first-order valence-electron chi connectivity index (χ1n) is 7.91. The highest BCUT2D eigenvalue weighted by molar-refractivity contribution is 9.08. The molecule has 0 aliphatic carbocycles. The molecule has 0 aromatic heterocycles. The van der Waals surface area contributed by atoms with Gasteiger partial charge in [0, 0.05) is 11.4 Å². The number of carbonyl (C=O) groups excluding carboxylic acids is 1. The maximum atomic E-state index is 12.1. The summed E-state index contributed by atoms with van der Waals surface area (Å²) in [5.74, 6) is -0.259. The molecular weight excluding hydrogens is 357 g/mol. The lowest BCUT2D eigenvalue weighted by atomic mass is 9.85. The number of hydrogen-bond donors (Lipinski definition) is 2. The van der Waals surface area contributed by atoms with Gasteiger partial charge in [-0.3, -0.25) is 4.79 Å². The molecule has 23 heavy (non-hydrogen) atoms. The summed E-state index contributed by atoms with van der Waals surface area (Å²) in [4.78, 5) is 12.1. The Labute approximate surface area is 148 Å². The topological polar surface area (TPSA) is 58.6 Å². The minimum atomic E-state index is -0.679. The second-order valence-electron chi connectivity index (χ2n) is 6.93. The van der Waals surface area contributed by atoms with E-state index in [0.717, 1.165) is 5.33 Å². The average molecular weight is 384 g/mol. The molecule has 0 aliphatic rings. The molecule has 0 aliphatic heterocycles. The van der Waals surface area contributed by atoms with E-state index in [9.17, 15) is 9.82 Å². The fraction of sp³-hybridized carbons (Fsp3) is 0.588. The zero-order valence-electron chi connectivity index (χ0n) is 14.6. The van der Waals surface area contributed by atoms with Crippen LogP contribution in [0.15, 0.2) is 18.2 Å². The summed E-state index contributed by atoms with van der Waals surface area (Å²) < 4.78 is 5.39. The number of aryl methyl sites for hydroxylation is 1. The van der Waals surface area contributed by atoms with Crippen LogP contribution in [0.2, 0.25) is 6.82 Å². The van der Waals surface area contributed by atoms with Gasteiger partial charge >= 0.3 is 13.0 Å². The standard InChI is InChI=1S/C17H27BBrNO3/c1-12-6-7-13(11-19)8-14(12)9-15(20-18(5)22)10-16(21)23-17(2,3)4/h6-8,15,20,22H,9-11H2,1-5H3/t15-/m0/s1. The Morgan fingerprint density at radius 2 is 2.09 bits per heavy atom. The summed E-state index contributed by atoms with van der Waals surface area (Å²) in [6.07, 6.45) is 0.886. The number of hydrogen-bond acceptors (Lipinski definition) is 4. The minimum absolute atomic E-state index is 0.172. The van der Waals surface area contributed by atoms with Crippen LogP contribution in [0.5, 0.6) is 0 Å². The Balaban J connectivity index is 2.84. The smallest absolute Gasteiger partial charge is 0.373 e. The summed E-state index contributed by atoms with van der Waals surface area (Å²) >= 11 is 3.47. The van der Waals surface area contributed by atoms with Gasteiger partial charge in [0.2, 0.25) is 0 Å². The Morgan fingerprint density at radius 3 is 2.61 bits per heavy atom. The highest BCUT2D eigenvalue weighted by Gasteiger charge is 2.22. The molecule has 128 valence electrons. The van der Waals surface area contributed by atoms with E-state index in [0.29, 0.717) is 6.42 Å². The number of benzene rings is 1. The van der Waals surface area contributed by atoms with E-state index in [1.807, 2.05) is 20.8 Å². The number of carbonyl (C=O) groups is 1. The molecule has 0 saturated heterocycles. The van der Waals surface area contributed by atoms with Crippen LogP contribution in [0.25, 0.3) is 0 Å². The third kappa shape index (κ3) is 8.00. The summed E-state index contributed by atoms with van der Waals surface area (Å²) in [7, 11) is -0.679. The van der Waals surface area contributed by atoms with Crippen LogP contribution in [-0.2, 0) is 21.3 Å². The first kappa shape index (κ1) is 20.2. The third-order valence-electron chi connectivity index (χ3n) is 3.34. The van der Waals surface area contributed by atoms with Crippen molar-refractivity contribution in [2.75, 3.05) is 0 Å². The predicted octanol–water partition coefficient (Wildman–Crippen LogP) is 3.23. The van der Waals surface area contributed by atoms with Crippen molar-refractivity contribution in [3.63, 3.8) is 0 Å². The van der Waals surface area contributed by atoms with E-state index >= 15 is 0 Å². The molecule has 6 heteroatoms. The Kier molecular flexibility index (Phi) is 7.78. The zero-order chi connectivity index (χ0) is 17.6. The summed E-state index contributed by atoms with van der Waals surface area (Å²) in [5.41, 5.74) is 3.04. The lowest BCUT2D eigenvalue weighted by molar-refractivity contribution is -0.155. The van der Waals surface area contributed by atoms with Crippen molar-refractivity contribution >= 4 is 28.9 Å². The molecule has 2 N–H and O–H groups in total. The molecule has 0 bridgehead atoms. The first-order valence-corrected chi connectivity index (χ1v) is 9.03. The lowest BCUT2D eigenvalue weighted by Gasteiger charge is -2.24. The largest absolute Gasteiger partial charge is 0.460 e. The highest BCUT2D eigenvalue weighted by atomic mass is 79.9. The highest BCUT2D eigenvalue weighted by Crippen LogP contribution is 2.17. The molecule has 0 saturated carbocycles. The van der Waals surface area contributed by atoms with E-state index in [2.05, 4.69) is 46.3 Å². The van der Waals surface area contributed by atoms with E-state index in [-0.39, 0.29) is 18.4 Å². The van der Waals surface area contributed by atoms with Gasteiger partial charge in [0.1, 0.15) is 5.60 Å². The molecule has 1 aromatic carbocycles. The number of esters is 1. The number of ether oxygens (including phenoxy) is 1. The monoisotopic (exact) mass is 383 g/mol. The van der Waals surface area contributed by atoms with Crippen LogP contribution in [-0.4, -0.2) is 29.7 Å². The van der Waals surface area contributed by atoms with Crippen molar-refractivity contribution in [3.05, 3.63) is 34.9 Å². The summed E-state index contributed by atoms with van der Waals surface area (Å²) in [6.45, 7) is 9.27. The van der Waals surface area contributed by atoms with Crippen LogP contribution in [0.1, 0.15) is 43.9 Å². The van der Waals surface area contributed by atoms with Gasteiger partial charge in [-0.1, -0.05) is 34.1 Å². The molecule has 0 heterocycles. The van der Waals surface area contributed by atoms with Crippen molar-refractivity contribution < 1.29 is 14.6 Å². The van der Waals surface area contributed by atoms with Gasteiger partial charge in [-0.25, -0.2) is 0 Å². The van der Waals surface area contributed by atoms with Crippen LogP contribution in [0, 0.1) is 6.92 Å². The molecule has 1 rings (SSSR count). The number of nitrogens with one attached hydrogen (secondary N) is 1. The van der Waals surface area contributed by atoms with Crippen LogP contribution in [0.3, 0.4) is 0 Å². The van der Waals surface area contributed by atoms with E-state index in [1.54, 1.807) is 6.82 Å². The van der Waals surface area contributed by atoms with Gasteiger partial charge < -0.3 is 15.0 Å². The first-order chi connectivity index (χ1) is 10.6. The van der Waals surface area contributed by atoms with E-state index < -0.39 is 12.7 Å². The fourth-order valence-corrected chi connectivity index (χ4v) is 2.76. The van der Waals surface area contributed by atoms with Crippen molar-refractivity contribution in [1.82, 2.24) is 5.23 Å². The zero-order valence-corrected chi connectivity index (χ0v) is 16.2. The Bertz CT molecular complexity index is 529. The van der Waals surface area contributed by atoms with Gasteiger partial charge in [0.15, 0.2) is 0 Å². The molecule has 0 fully saturated rings. The van der Waals surface area contributed by atoms with Crippen molar-refractivity contribution in [2.24, 2.45) is 0 Å². The second kappa shape index (κ2) is 8.85. The van der Waals surface area contributed by atoms with E-state index in [4.69, 9.17) is 4.74 Å². The number of halogens is 1. The van der Waals surface area contributed by atoms with Gasteiger partial charge in [-0.05, 0) is 57.6 Å². The van der Waals surface area contributed by atoms with Gasteiger partial charge in [-0.2, -0.15) is 0 Å². The fourth-order valence-electron chi connectivity index (χ4n) is 2.41. The minimum Gasteiger partial charge on any atom is -0.460 e. The molecule has 4 nitrogen and oxygen atoms in total. The quantitative estimate of drug-likeness (QED) is 0.431. The number of rotatable bonds is 7. The Hall–Kier alpha value is -0.845. The van der Waals surface area contributed by atoms with Crippen LogP contribution in [0.4, 0.5) is 0 Å².